The highest BCUT2D eigenvalue weighted by atomic mass is 31.0. The van der Waals surface area contributed by atoms with Crippen molar-refractivity contribution in [3.8, 4) is 11.5 Å². The molecule has 0 aliphatic rings. The molecule has 0 amide bonds. The number of benzene rings is 1. The Labute approximate surface area is 92.0 Å². The van der Waals surface area contributed by atoms with Crippen LogP contribution in [0.2, 0.25) is 0 Å². The minimum atomic E-state index is -0.0764. The smallest absolute Gasteiger partial charge is 0.157 e. The standard InChI is InChI=1S/C6H6O2.C2H8N2.H3P.H4Si/c7-5-3-1-2-4-6(5)8;3-1-2-4;;/h1-4,7-8H;1-4H2;1H3;1H4. The van der Waals surface area contributed by atoms with Crippen LogP contribution in [0.4, 0.5) is 0 Å². The maximum absolute atomic E-state index is 8.67. The topological polar surface area (TPSA) is 92.5 Å². The van der Waals surface area contributed by atoms with Gasteiger partial charge in [0.05, 0.1) is 0 Å². The van der Waals surface area contributed by atoms with Crippen LogP contribution in [0.15, 0.2) is 24.3 Å². The van der Waals surface area contributed by atoms with Gasteiger partial charge in [0, 0.05) is 13.1 Å². The average Bonchev–Trinajstić information content (AvgIpc) is 2.11. The maximum atomic E-state index is 8.67. The second kappa shape index (κ2) is 12.4. The second-order valence-corrected chi connectivity index (χ2v) is 2.07. The van der Waals surface area contributed by atoms with Gasteiger partial charge in [0.25, 0.3) is 0 Å². The minimum absolute atomic E-state index is 0. The van der Waals surface area contributed by atoms with Gasteiger partial charge in [0.1, 0.15) is 0 Å². The Morgan fingerprint density at radius 2 is 1.21 bits per heavy atom. The van der Waals surface area contributed by atoms with Gasteiger partial charge < -0.3 is 21.7 Å². The molecule has 0 aliphatic carbocycles. The monoisotopic (exact) mass is 236 g/mol. The Kier molecular flexibility index (Phi) is 16.8. The summed E-state index contributed by atoms with van der Waals surface area (Å²) in [5, 5.41) is 17.3. The molecule has 4 nitrogen and oxygen atoms in total. The normalized spacial score (nSPS) is 7.29. The Bertz CT molecular complexity index is 203. The first-order valence-electron chi connectivity index (χ1n) is 3.59. The highest BCUT2D eigenvalue weighted by Gasteiger charge is 1.90. The molecule has 1 aromatic rings. The van der Waals surface area contributed by atoms with E-state index in [0.29, 0.717) is 13.1 Å². The number of hydrogen-bond acceptors (Lipinski definition) is 4. The van der Waals surface area contributed by atoms with Crippen LogP contribution in [-0.4, -0.2) is 34.3 Å². The Hall–Kier alpha value is -0.613. The average molecular weight is 236 g/mol. The van der Waals surface area contributed by atoms with Crippen LogP contribution in [0.3, 0.4) is 0 Å². The van der Waals surface area contributed by atoms with E-state index in [4.69, 9.17) is 21.7 Å². The quantitative estimate of drug-likeness (QED) is 0.274. The van der Waals surface area contributed by atoms with Crippen LogP contribution in [0, 0.1) is 0 Å². The predicted molar refractivity (Wildman–Crippen MR) is 70.3 cm³/mol. The third-order valence-electron chi connectivity index (χ3n) is 1.05. The third-order valence-corrected chi connectivity index (χ3v) is 1.05. The molecule has 0 aromatic heterocycles. The molecule has 0 spiro atoms. The molecule has 0 fully saturated rings. The first kappa shape index (κ1) is 19.0. The molecule has 0 heterocycles. The van der Waals surface area contributed by atoms with E-state index in [1.165, 1.54) is 12.1 Å². The van der Waals surface area contributed by atoms with Gasteiger partial charge in [0.15, 0.2) is 11.5 Å². The Balaban J connectivity index is -0.000000180. The zero-order valence-electron chi connectivity index (χ0n) is 7.48. The summed E-state index contributed by atoms with van der Waals surface area (Å²) in [7, 11) is 0. The summed E-state index contributed by atoms with van der Waals surface area (Å²) < 4.78 is 0. The summed E-state index contributed by atoms with van der Waals surface area (Å²) in [4.78, 5) is 0. The minimum Gasteiger partial charge on any atom is -0.504 e. The molecule has 14 heavy (non-hydrogen) atoms. The molecule has 0 bridgehead atoms. The fourth-order valence-corrected chi connectivity index (χ4v) is 0.464. The Morgan fingerprint density at radius 3 is 1.36 bits per heavy atom. The predicted octanol–water partition coefficient (Wildman–Crippen LogP) is -1.39. The zero-order valence-corrected chi connectivity index (χ0v) is 8.89. The molecular formula is C8H21N2O2PSi. The van der Waals surface area contributed by atoms with E-state index in [-0.39, 0.29) is 32.4 Å². The van der Waals surface area contributed by atoms with Crippen LogP contribution in [0.5, 0.6) is 11.5 Å². The zero-order chi connectivity index (χ0) is 9.40. The lowest BCUT2D eigenvalue weighted by molar-refractivity contribution is 0.404. The lowest BCUT2D eigenvalue weighted by Gasteiger charge is -1.91. The lowest BCUT2D eigenvalue weighted by Crippen LogP contribution is -2.11. The lowest BCUT2D eigenvalue weighted by atomic mass is 10.3. The largest absolute Gasteiger partial charge is 0.504 e. The second-order valence-electron chi connectivity index (χ2n) is 2.07. The van der Waals surface area contributed by atoms with Crippen molar-refractivity contribution >= 4 is 20.9 Å². The van der Waals surface area contributed by atoms with Gasteiger partial charge >= 0.3 is 0 Å². The molecular weight excluding hydrogens is 215 g/mol. The highest BCUT2D eigenvalue weighted by Crippen LogP contribution is 2.21. The van der Waals surface area contributed by atoms with E-state index < -0.39 is 0 Å². The first-order valence-corrected chi connectivity index (χ1v) is 3.59. The van der Waals surface area contributed by atoms with E-state index in [1.54, 1.807) is 12.1 Å². The third kappa shape index (κ3) is 9.47. The van der Waals surface area contributed by atoms with Crippen molar-refractivity contribution in [2.24, 2.45) is 11.5 Å². The van der Waals surface area contributed by atoms with Crippen molar-refractivity contribution in [3.05, 3.63) is 24.3 Å². The van der Waals surface area contributed by atoms with E-state index in [9.17, 15) is 0 Å². The molecule has 0 aliphatic heterocycles. The summed E-state index contributed by atoms with van der Waals surface area (Å²) >= 11 is 0. The van der Waals surface area contributed by atoms with E-state index in [0.717, 1.165) is 0 Å². The number of hydrogen-bond donors (Lipinski definition) is 4. The maximum Gasteiger partial charge on any atom is 0.157 e. The molecule has 0 saturated carbocycles. The summed E-state index contributed by atoms with van der Waals surface area (Å²) in [5.74, 6) is -0.153. The van der Waals surface area contributed by atoms with Crippen molar-refractivity contribution in [1.29, 1.82) is 0 Å². The number of nitrogens with two attached hydrogens (primary N) is 2. The number of aromatic hydroxyl groups is 2. The van der Waals surface area contributed by atoms with E-state index >= 15 is 0 Å². The molecule has 6 N–H and O–H groups in total. The molecule has 84 valence electrons. The van der Waals surface area contributed by atoms with Gasteiger partial charge in [-0.15, -0.1) is 0 Å². The van der Waals surface area contributed by atoms with Crippen molar-refractivity contribution in [3.63, 3.8) is 0 Å². The molecule has 1 rings (SSSR count). The van der Waals surface area contributed by atoms with Gasteiger partial charge in [-0.1, -0.05) is 12.1 Å². The van der Waals surface area contributed by atoms with Crippen molar-refractivity contribution in [1.82, 2.24) is 0 Å². The van der Waals surface area contributed by atoms with Crippen LogP contribution in [0.25, 0.3) is 0 Å². The van der Waals surface area contributed by atoms with Gasteiger partial charge in [0.2, 0.25) is 0 Å². The fourth-order valence-electron chi connectivity index (χ4n) is 0.464. The van der Waals surface area contributed by atoms with Gasteiger partial charge in [-0.2, -0.15) is 9.90 Å². The molecule has 1 aromatic carbocycles. The van der Waals surface area contributed by atoms with E-state index in [2.05, 4.69) is 0 Å². The summed E-state index contributed by atoms with van der Waals surface area (Å²) in [6.45, 7) is 1.19. The van der Waals surface area contributed by atoms with E-state index in [1.807, 2.05) is 0 Å². The molecule has 6 heteroatoms. The van der Waals surface area contributed by atoms with Crippen LogP contribution in [0.1, 0.15) is 0 Å². The SMILES string of the molecule is NCCN.Oc1ccccc1O.P.[SiH4]. The number of rotatable bonds is 1. The first-order chi connectivity index (χ1) is 5.72. The van der Waals surface area contributed by atoms with Crippen molar-refractivity contribution in [2.45, 2.75) is 0 Å². The number of phenolic OH excluding ortho intramolecular Hbond substituents is 2. The summed E-state index contributed by atoms with van der Waals surface area (Å²) in [6.07, 6.45) is 0. The van der Waals surface area contributed by atoms with Gasteiger partial charge in [-0.05, 0) is 23.1 Å². The fraction of sp³-hybridized carbons (Fsp3) is 0.250. The van der Waals surface area contributed by atoms with Gasteiger partial charge in [-0.25, -0.2) is 0 Å². The van der Waals surface area contributed by atoms with Crippen molar-refractivity contribution < 1.29 is 10.2 Å². The number of phenols is 2. The summed E-state index contributed by atoms with van der Waals surface area (Å²) in [5.41, 5.74) is 9.81. The van der Waals surface area contributed by atoms with Crippen LogP contribution in [-0.2, 0) is 0 Å². The molecule has 1 atom stereocenters. The number of para-hydroxylation sites is 2. The Morgan fingerprint density at radius 1 is 0.929 bits per heavy atom. The van der Waals surface area contributed by atoms with Crippen LogP contribution >= 0.6 is 9.90 Å². The van der Waals surface area contributed by atoms with Crippen LogP contribution < -0.4 is 11.5 Å². The van der Waals surface area contributed by atoms with Gasteiger partial charge in [-0.3, -0.25) is 0 Å². The molecule has 0 saturated heterocycles. The molecule has 1 unspecified atom stereocenters. The summed E-state index contributed by atoms with van der Waals surface area (Å²) in [6, 6.07) is 6.15. The highest BCUT2D eigenvalue weighted by molar-refractivity contribution is 6.92. The molecule has 0 radical (unpaired) electrons. The van der Waals surface area contributed by atoms with Crippen molar-refractivity contribution in [2.75, 3.05) is 13.1 Å².